The van der Waals surface area contributed by atoms with Gasteiger partial charge in [-0.25, -0.2) is 17.9 Å². The summed E-state index contributed by atoms with van der Waals surface area (Å²) in [5.41, 5.74) is 2.91. The van der Waals surface area contributed by atoms with Crippen molar-refractivity contribution in [3.63, 3.8) is 0 Å². The van der Waals surface area contributed by atoms with Crippen LogP contribution < -0.4 is 5.32 Å². The van der Waals surface area contributed by atoms with Gasteiger partial charge in [-0.1, -0.05) is 6.07 Å². The fourth-order valence-corrected chi connectivity index (χ4v) is 4.41. The van der Waals surface area contributed by atoms with Crippen molar-refractivity contribution in [3.8, 4) is 5.69 Å². The third kappa shape index (κ3) is 4.35. The molecular formula is C23H24F3N5O. The van der Waals surface area contributed by atoms with Gasteiger partial charge in [-0.2, -0.15) is 4.98 Å². The van der Waals surface area contributed by atoms with Crippen LogP contribution in [0, 0.1) is 18.6 Å². The van der Waals surface area contributed by atoms with Crippen molar-refractivity contribution in [3.05, 3.63) is 65.5 Å². The number of piperidine rings is 1. The van der Waals surface area contributed by atoms with Gasteiger partial charge in [0.05, 0.1) is 24.9 Å². The number of hydrogen-bond donors (Lipinski definition) is 1. The van der Waals surface area contributed by atoms with Crippen LogP contribution in [-0.4, -0.2) is 58.2 Å². The van der Waals surface area contributed by atoms with Crippen molar-refractivity contribution in [1.82, 2.24) is 19.7 Å². The van der Waals surface area contributed by atoms with E-state index in [1.807, 2.05) is 25.1 Å². The standard InChI is InChI=1S/C23H24F3N5O/c1-14-4-15(21-2-3-30(10-22(21)26)20-11-32-12-20)6-18(5-14)28-23-27-13-31(29-23)19-8-16(24)7-17(25)9-19/h4-9,13,20-22H,2-3,10-12H2,1H3,(H,28,29)/t21-,22-/m0/s1. The molecule has 3 heterocycles. The van der Waals surface area contributed by atoms with E-state index in [-0.39, 0.29) is 17.6 Å². The van der Waals surface area contributed by atoms with Crippen LogP contribution in [-0.2, 0) is 4.74 Å². The molecule has 2 aliphatic rings. The van der Waals surface area contributed by atoms with Gasteiger partial charge in [-0.05, 0) is 55.3 Å². The number of aryl methyl sites for hydroxylation is 1. The molecule has 6 nitrogen and oxygen atoms in total. The van der Waals surface area contributed by atoms with Crippen molar-refractivity contribution in [2.24, 2.45) is 0 Å². The predicted octanol–water partition coefficient (Wildman–Crippen LogP) is 4.12. The Hall–Kier alpha value is -2.91. The molecule has 0 unspecified atom stereocenters. The molecular weight excluding hydrogens is 419 g/mol. The largest absolute Gasteiger partial charge is 0.378 e. The second kappa shape index (κ2) is 8.55. The zero-order valence-electron chi connectivity index (χ0n) is 17.6. The third-order valence-electron chi connectivity index (χ3n) is 6.10. The van der Waals surface area contributed by atoms with Crippen LogP contribution in [0.2, 0.25) is 0 Å². The lowest BCUT2D eigenvalue weighted by Crippen LogP contribution is -2.54. The first-order valence-electron chi connectivity index (χ1n) is 10.7. The number of alkyl halides is 1. The smallest absolute Gasteiger partial charge is 0.246 e. The van der Waals surface area contributed by atoms with Gasteiger partial charge in [-0.15, -0.1) is 5.10 Å². The summed E-state index contributed by atoms with van der Waals surface area (Å²) in [6.45, 7) is 4.62. The first-order chi connectivity index (χ1) is 15.4. The first kappa shape index (κ1) is 21.0. The van der Waals surface area contributed by atoms with Crippen molar-refractivity contribution in [2.75, 3.05) is 31.6 Å². The summed E-state index contributed by atoms with van der Waals surface area (Å²) in [6.07, 6.45) is 1.18. The number of likely N-dealkylation sites (tertiary alicyclic amines) is 1. The molecule has 0 saturated carbocycles. The molecule has 32 heavy (non-hydrogen) atoms. The Kier molecular flexibility index (Phi) is 5.60. The second-order valence-corrected chi connectivity index (χ2v) is 8.50. The first-order valence-corrected chi connectivity index (χ1v) is 10.7. The second-order valence-electron chi connectivity index (χ2n) is 8.50. The Labute approximate surface area is 184 Å². The van der Waals surface area contributed by atoms with Crippen molar-refractivity contribution in [2.45, 2.75) is 31.5 Å². The number of rotatable bonds is 5. The highest BCUT2D eigenvalue weighted by molar-refractivity contribution is 5.56. The van der Waals surface area contributed by atoms with Gasteiger partial charge in [0, 0.05) is 24.2 Å². The van der Waals surface area contributed by atoms with Gasteiger partial charge < -0.3 is 10.1 Å². The molecule has 0 amide bonds. The summed E-state index contributed by atoms with van der Waals surface area (Å²) in [6, 6.07) is 9.38. The molecule has 3 aromatic rings. The molecule has 2 aliphatic heterocycles. The number of aromatic nitrogens is 3. The van der Waals surface area contributed by atoms with Gasteiger partial charge in [-0.3, -0.25) is 4.90 Å². The van der Waals surface area contributed by atoms with E-state index in [0.29, 0.717) is 25.8 Å². The number of hydrogen-bond acceptors (Lipinski definition) is 5. The Bertz CT molecular complexity index is 1100. The lowest BCUT2D eigenvalue weighted by molar-refractivity contribution is -0.0806. The molecule has 2 saturated heterocycles. The van der Waals surface area contributed by atoms with Crippen molar-refractivity contribution in [1.29, 1.82) is 0 Å². The van der Waals surface area contributed by atoms with E-state index in [0.717, 1.165) is 35.8 Å². The normalized spacial score (nSPS) is 22.0. The van der Waals surface area contributed by atoms with Crippen LogP contribution in [0.1, 0.15) is 23.5 Å². The van der Waals surface area contributed by atoms with Crippen LogP contribution >= 0.6 is 0 Å². The van der Waals surface area contributed by atoms with Crippen LogP contribution in [0.25, 0.3) is 5.69 Å². The summed E-state index contributed by atoms with van der Waals surface area (Å²) in [7, 11) is 0. The average Bonchev–Trinajstić information content (AvgIpc) is 3.14. The SMILES string of the molecule is Cc1cc(Nc2ncn(-c3cc(F)cc(F)c3)n2)cc([C@@H]2CCN(C3COC3)C[C@@H]2F)c1. The molecule has 2 fully saturated rings. The maximum absolute atomic E-state index is 15.1. The maximum atomic E-state index is 15.1. The number of nitrogens with one attached hydrogen (secondary N) is 1. The highest BCUT2D eigenvalue weighted by Crippen LogP contribution is 2.34. The van der Waals surface area contributed by atoms with E-state index in [2.05, 4.69) is 20.3 Å². The highest BCUT2D eigenvalue weighted by atomic mass is 19.1. The van der Waals surface area contributed by atoms with E-state index in [9.17, 15) is 8.78 Å². The fourth-order valence-electron chi connectivity index (χ4n) is 4.41. The molecule has 0 radical (unpaired) electrons. The highest BCUT2D eigenvalue weighted by Gasteiger charge is 2.36. The van der Waals surface area contributed by atoms with Gasteiger partial charge in [0.25, 0.3) is 0 Å². The minimum absolute atomic E-state index is 0.173. The van der Waals surface area contributed by atoms with Gasteiger partial charge in [0.1, 0.15) is 24.1 Å². The molecule has 0 aliphatic carbocycles. The lowest BCUT2D eigenvalue weighted by Gasteiger charge is -2.43. The minimum Gasteiger partial charge on any atom is -0.378 e. The molecule has 168 valence electrons. The monoisotopic (exact) mass is 443 g/mol. The Morgan fingerprint density at radius 2 is 1.84 bits per heavy atom. The van der Waals surface area contributed by atoms with Gasteiger partial charge in [0.2, 0.25) is 5.95 Å². The van der Waals surface area contributed by atoms with E-state index < -0.39 is 17.8 Å². The zero-order valence-corrected chi connectivity index (χ0v) is 17.6. The number of anilines is 2. The summed E-state index contributed by atoms with van der Waals surface area (Å²) < 4.78 is 48.6. The Morgan fingerprint density at radius 3 is 2.53 bits per heavy atom. The van der Waals surface area contributed by atoms with Crippen LogP contribution in [0.5, 0.6) is 0 Å². The van der Waals surface area contributed by atoms with Crippen LogP contribution in [0.4, 0.5) is 24.8 Å². The van der Waals surface area contributed by atoms with E-state index >= 15 is 4.39 Å². The summed E-state index contributed by atoms with van der Waals surface area (Å²) in [5.74, 6) is -1.27. The van der Waals surface area contributed by atoms with Crippen molar-refractivity contribution >= 4 is 11.6 Å². The quantitative estimate of drug-likeness (QED) is 0.643. The van der Waals surface area contributed by atoms with Crippen LogP contribution in [0.15, 0.2) is 42.7 Å². The fraction of sp³-hybridized carbons (Fsp3) is 0.391. The van der Waals surface area contributed by atoms with Crippen LogP contribution in [0.3, 0.4) is 0 Å². The lowest BCUT2D eigenvalue weighted by atomic mass is 9.86. The number of benzene rings is 2. The molecule has 1 aromatic heterocycles. The minimum atomic E-state index is -0.945. The Morgan fingerprint density at radius 1 is 1.06 bits per heavy atom. The van der Waals surface area contributed by atoms with Gasteiger partial charge >= 0.3 is 0 Å². The molecule has 2 aromatic carbocycles. The maximum Gasteiger partial charge on any atom is 0.246 e. The summed E-state index contributed by atoms with van der Waals surface area (Å²) in [4.78, 5) is 6.37. The predicted molar refractivity (Wildman–Crippen MR) is 114 cm³/mol. The topological polar surface area (TPSA) is 55.2 Å². The van der Waals surface area contributed by atoms with E-state index in [1.54, 1.807) is 0 Å². The molecule has 1 N–H and O–H groups in total. The molecule has 0 bridgehead atoms. The summed E-state index contributed by atoms with van der Waals surface area (Å²) >= 11 is 0. The summed E-state index contributed by atoms with van der Waals surface area (Å²) in [5, 5.41) is 7.38. The number of ether oxygens (including phenoxy) is 1. The number of nitrogens with zero attached hydrogens (tertiary/aromatic N) is 4. The van der Waals surface area contributed by atoms with E-state index in [1.165, 1.54) is 23.1 Å². The Balaban J connectivity index is 1.32. The molecule has 0 spiro atoms. The van der Waals surface area contributed by atoms with Crippen molar-refractivity contribution < 1.29 is 17.9 Å². The van der Waals surface area contributed by atoms with E-state index in [4.69, 9.17) is 4.74 Å². The average molecular weight is 443 g/mol. The molecule has 2 atom stereocenters. The van der Waals surface area contributed by atoms with Gasteiger partial charge in [0.15, 0.2) is 0 Å². The third-order valence-corrected chi connectivity index (χ3v) is 6.10. The zero-order chi connectivity index (χ0) is 22.2. The molecule has 9 heteroatoms. The number of halogens is 3. The molecule has 5 rings (SSSR count).